The number of hydrogen-bond donors (Lipinski definition) is 0. The molecule has 2 aliphatic carbocycles. The molecule has 0 N–H and O–H groups in total. The zero-order valence-electron chi connectivity index (χ0n) is 16.9. The Morgan fingerprint density at radius 1 is 0.414 bits per heavy atom. The van der Waals surface area contributed by atoms with Crippen LogP contribution in [-0.2, 0) is 10.8 Å². The SMILES string of the molecule is CC1(CC2(C)c3ccccc3-c3ccccc32)c2ccccc2-c2ccccc21. The van der Waals surface area contributed by atoms with Crippen LogP contribution in [0, 0.1) is 0 Å². The average molecular weight is 373 g/mol. The van der Waals surface area contributed by atoms with Crippen LogP contribution in [-0.4, -0.2) is 0 Å². The topological polar surface area (TPSA) is 0 Å². The zero-order chi connectivity index (χ0) is 19.6. The molecular formula is C29H24. The average Bonchev–Trinajstić information content (AvgIpc) is 3.17. The molecule has 0 radical (unpaired) electrons. The Bertz CT molecular complexity index is 1070. The highest BCUT2D eigenvalue weighted by atomic mass is 14.5. The van der Waals surface area contributed by atoms with Gasteiger partial charge in [-0.2, -0.15) is 0 Å². The maximum Gasteiger partial charge on any atom is 0.0198 e. The molecule has 0 aromatic heterocycles. The fourth-order valence-electron chi connectivity index (χ4n) is 6.17. The third-order valence-electron chi connectivity index (χ3n) is 7.37. The van der Waals surface area contributed by atoms with Crippen molar-refractivity contribution in [1.29, 1.82) is 0 Å². The first-order valence-corrected chi connectivity index (χ1v) is 10.5. The Morgan fingerprint density at radius 3 is 0.931 bits per heavy atom. The summed E-state index contributed by atoms with van der Waals surface area (Å²) in [5, 5.41) is 0. The minimum Gasteiger partial charge on any atom is -0.0619 e. The van der Waals surface area contributed by atoms with E-state index in [1.54, 1.807) is 0 Å². The fourth-order valence-corrected chi connectivity index (χ4v) is 6.17. The number of rotatable bonds is 2. The fraction of sp³-hybridized carbons (Fsp3) is 0.172. The van der Waals surface area contributed by atoms with Gasteiger partial charge in [-0.25, -0.2) is 0 Å². The minimum atomic E-state index is -0.0213. The third-order valence-corrected chi connectivity index (χ3v) is 7.37. The molecule has 140 valence electrons. The molecule has 29 heavy (non-hydrogen) atoms. The minimum absolute atomic E-state index is 0.0213. The Kier molecular flexibility index (Phi) is 3.30. The van der Waals surface area contributed by atoms with Crippen molar-refractivity contribution in [2.45, 2.75) is 31.1 Å². The molecule has 0 saturated heterocycles. The van der Waals surface area contributed by atoms with E-state index in [-0.39, 0.29) is 10.8 Å². The summed E-state index contributed by atoms with van der Waals surface area (Å²) >= 11 is 0. The molecule has 0 nitrogen and oxygen atoms in total. The van der Waals surface area contributed by atoms with Crippen LogP contribution in [0.15, 0.2) is 97.1 Å². The summed E-state index contributed by atoms with van der Waals surface area (Å²) in [6.07, 6.45) is 1.06. The van der Waals surface area contributed by atoms with Gasteiger partial charge in [-0.05, 0) is 50.9 Å². The summed E-state index contributed by atoms with van der Waals surface area (Å²) in [4.78, 5) is 0. The van der Waals surface area contributed by atoms with Crippen LogP contribution >= 0.6 is 0 Å². The van der Waals surface area contributed by atoms with Gasteiger partial charge in [-0.1, -0.05) is 111 Å². The van der Waals surface area contributed by atoms with Crippen LogP contribution in [0.2, 0.25) is 0 Å². The lowest BCUT2D eigenvalue weighted by Gasteiger charge is -2.38. The summed E-state index contributed by atoms with van der Waals surface area (Å²) in [7, 11) is 0. The second-order valence-corrected chi connectivity index (χ2v) is 9.02. The van der Waals surface area contributed by atoms with Crippen LogP contribution in [0.5, 0.6) is 0 Å². The van der Waals surface area contributed by atoms with E-state index in [0.717, 1.165) is 6.42 Å². The highest BCUT2D eigenvalue weighted by Gasteiger charge is 2.48. The summed E-state index contributed by atoms with van der Waals surface area (Å²) < 4.78 is 0. The molecule has 0 heterocycles. The van der Waals surface area contributed by atoms with Crippen molar-refractivity contribution in [2.24, 2.45) is 0 Å². The molecule has 0 unspecified atom stereocenters. The smallest absolute Gasteiger partial charge is 0.0198 e. The van der Waals surface area contributed by atoms with Crippen molar-refractivity contribution < 1.29 is 0 Å². The molecule has 0 amide bonds. The second-order valence-electron chi connectivity index (χ2n) is 9.02. The van der Waals surface area contributed by atoms with Crippen LogP contribution in [0.25, 0.3) is 22.3 Å². The van der Waals surface area contributed by atoms with Gasteiger partial charge in [0.05, 0.1) is 0 Å². The third kappa shape index (κ3) is 2.09. The number of fused-ring (bicyclic) bond motifs is 6. The summed E-state index contributed by atoms with van der Waals surface area (Å²) in [6, 6.07) is 36.0. The van der Waals surface area contributed by atoms with E-state index in [1.165, 1.54) is 44.5 Å². The molecule has 0 heteroatoms. The highest BCUT2D eigenvalue weighted by Crippen LogP contribution is 2.58. The number of benzene rings is 4. The van der Waals surface area contributed by atoms with Crippen LogP contribution in [0.4, 0.5) is 0 Å². The molecule has 4 aromatic carbocycles. The first-order valence-electron chi connectivity index (χ1n) is 10.5. The van der Waals surface area contributed by atoms with Crippen molar-refractivity contribution in [3.63, 3.8) is 0 Å². The second kappa shape index (κ2) is 5.70. The Morgan fingerprint density at radius 2 is 0.655 bits per heavy atom. The predicted molar refractivity (Wildman–Crippen MR) is 121 cm³/mol. The Balaban J connectivity index is 1.60. The Labute approximate surface area is 172 Å². The van der Waals surface area contributed by atoms with E-state index in [9.17, 15) is 0 Å². The quantitative estimate of drug-likeness (QED) is 0.345. The maximum absolute atomic E-state index is 2.45. The zero-order valence-corrected chi connectivity index (χ0v) is 16.9. The summed E-state index contributed by atoms with van der Waals surface area (Å²) in [5.74, 6) is 0. The Hall–Kier alpha value is -3.12. The van der Waals surface area contributed by atoms with Crippen molar-refractivity contribution in [3.05, 3.63) is 119 Å². The first-order chi connectivity index (χ1) is 14.1. The lowest BCUT2D eigenvalue weighted by molar-refractivity contribution is 0.406. The first kappa shape index (κ1) is 16.8. The van der Waals surface area contributed by atoms with Crippen LogP contribution in [0.3, 0.4) is 0 Å². The molecule has 0 atom stereocenters. The van der Waals surface area contributed by atoms with Gasteiger partial charge in [0.1, 0.15) is 0 Å². The van der Waals surface area contributed by atoms with Gasteiger partial charge in [0.15, 0.2) is 0 Å². The largest absolute Gasteiger partial charge is 0.0619 e. The van der Waals surface area contributed by atoms with Crippen molar-refractivity contribution in [2.75, 3.05) is 0 Å². The monoisotopic (exact) mass is 372 g/mol. The van der Waals surface area contributed by atoms with E-state index >= 15 is 0 Å². The van der Waals surface area contributed by atoms with Gasteiger partial charge in [-0.3, -0.25) is 0 Å². The molecule has 2 aliphatic rings. The van der Waals surface area contributed by atoms with Gasteiger partial charge in [-0.15, -0.1) is 0 Å². The van der Waals surface area contributed by atoms with Crippen molar-refractivity contribution >= 4 is 0 Å². The molecule has 4 aromatic rings. The molecule has 6 rings (SSSR count). The predicted octanol–water partition coefficient (Wildman–Crippen LogP) is 7.35. The molecule has 0 spiro atoms. The van der Waals surface area contributed by atoms with Crippen molar-refractivity contribution in [3.8, 4) is 22.3 Å². The van der Waals surface area contributed by atoms with Crippen molar-refractivity contribution in [1.82, 2.24) is 0 Å². The van der Waals surface area contributed by atoms with Gasteiger partial charge < -0.3 is 0 Å². The van der Waals surface area contributed by atoms with E-state index in [4.69, 9.17) is 0 Å². The van der Waals surface area contributed by atoms with E-state index in [0.29, 0.717) is 0 Å². The lowest BCUT2D eigenvalue weighted by Crippen LogP contribution is -2.33. The standard InChI is InChI=1S/C29H24/c1-28(24-15-7-3-11-20(24)21-12-4-8-16-25(21)28)19-29(2)26-17-9-5-13-22(26)23-14-6-10-18-27(23)29/h3-18H,19H2,1-2H3. The highest BCUT2D eigenvalue weighted by molar-refractivity contribution is 5.83. The van der Waals surface area contributed by atoms with E-state index in [2.05, 4.69) is 111 Å². The van der Waals surface area contributed by atoms with Crippen LogP contribution in [0.1, 0.15) is 42.5 Å². The van der Waals surface area contributed by atoms with E-state index in [1.807, 2.05) is 0 Å². The van der Waals surface area contributed by atoms with Gasteiger partial charge in [0.2, 0.25) is 0 Å². The molecule has 0 bridgehead atoms. The van der Waals surface area contributed by atoms with Gasteiger partial charge >= 0.3 is 0 Å². The molecule has 0 aliphatic heterocycles. The van der Waals surface area contributed by atoms with E-state index < -0.39 is 0 Å². The molecule has 0 fully saturated rings. The van der Waals surface area contributed by atoms with Gasteiger partial charge in [0, 0.05) is 10.8 Å². The van der Waals surface area contributed by atoms with Crippen LogP contribution < -0.4 is 0 Å². The summed E-state index contributed by atoms with van der Waals surface area (Å²) in [5.41, 5.74) is 11.4. The summed E-state index contributed by atoms with van der Waals surface area (Å²) in [6.45, 7) is 4.90. The van der Waals surface area contributed by atoms with Gasteiger partial charge in [0.25, 0.3) is 0 Å². The lowest BCUT2D eigenvalue weighted by atomic mass is 9.64. The number of hydrogen-bond acceptors (Lipinski definition) is 0. The maximum atomic E-state index is 2.45. The molecule has 0 saturated carbocycles. The normalized spacial score (nSPS) is 16.6. The molecular weight excluding hydrogens is 348 g/mol.